The number of unbranched alkanes of at least 4 members (excludes halogenated alkanes) is 1. The molecule has 3 aromatic rings. The van der Waals surface area contributed by atoms with Crippen LogP contribution in [0.25, 0.3) is 0 Å². The van der Waals surface area contributed by atoms with Crippen LogP contribution >= 0.6 is 23.2 Å². The molecule has 0 radical (unpaired) electrons. The SMILES string of the molecule is CCCCNC(=O)[C@H](CC)N(Cc1ccc(Cl)cc1Cl)C(=O)CN(c1cc(OC)ccc1OC)S(=O)(=O)c1ccccc1. The van der Waals surface area contributed by atoms with Gasteiger partial charge in [-0.25, -0.2) is 8.42 Å². The number of amides is 2. The van der Waals surface area contributed by atoms with Gasteiger partial charge in [-0.2, -0.15) is 0 Å². The first-order valence-electron chi connectivity index (χ1n) is 13.9. The molecule has 1 atom stereocenters. The highest BCUT2D eigenvalue weighted by Crippen LogP contribution is 2.36. The highest BCUT2D eigenvalue weighted by molar-refractivity contribution is 7.92. The van der Waals surface area contributed by atoms with Crippen molar-refractivity contribution >= 4 is 50.7 Å². The molecule has 0 aliphatic heterocycles. The normalized spacial score (nSPS) is 11.9. The number of nitrogens with one attached hydrogen (secondary N) is 1. The zero-order chi connectivity index (χ0) is 31.6. The van der Waals surface area contributed by atoms with E-state index in [0.29, 0.717) is 27.9 Å². The van der Waals surface area contributed by atoms with Crippen LogP contribution in [0, 0.1) is 0 Å². The van der Waals surface area contributed by atoms with Crippen molar-refractivity contribution in [3.63, 3.8) is 0 Å². The quantitative estimate of drug-likeness (QED) is 0.205. The summed E-state index contributed by atoms with van der Waals surface area (Å²) in [6.45, 7) is 3.56. The lowest BCUT2D eigenvalue weighted by atomic mass is 10.1. The molecule has 2 amide bonds. The van der Waals surface area contributed by atoms with E-state index in [9.17, 15) is 18.0 Å². The number of benzene rings is 3. The Morgan fingerprint density at radius 3 is 2.28 bits per heavy atom. The average Bonchev–Trinajstić information content (AvgIpc) is 3.00. The molecule has 232 valence electrons. The number of ether oxygens (including phenoxy) is 2. The van der Waals surface area contributed by atoms with E-state index in [1.165, 1.54) is 37.3 Å². The Hall–Kier alpha value is -3.47. The van der Waals surface area contributed by atoms with Crippen molar-refractivity contribution in [1.29, 1.82) is 0 Å². The predicted octanol–water partition coefficient (Wildman–Crippen LogP) is 5.93. The molecule has 3 rings (SSSR count). The number of hydrogen-bond acceptors (Lipinski definition) is 6. The van der Waals surface area contributed by atoms with Crippen LogP contribution in [0.1, 0.15) is 38.7 Å². The molecule has 0 aliphatic carbocycles. The van der Waals surface area contributed by atoms with Gasteiger partial charge in [-0.05, 0) is 54.8 Å². The number of anilines is 1. The summed E-state index contributed by atoms with van der Waals surface area (Å²) in [6.07, 6.45) is 1.94. The second-order valence-corrected chi connectivity index (χ2v) is 12.4. The first-order valence-corrected chi connectivity index (χ1v) is 16.1. The van der Waals surface area contributed by atoms with Crippen molar-refractivity contribution in [3.8, 4) is 11.5 Å². The van der Waals surface area contributed by atoms with Gasteiger partial charge in [-0.1, -0.05) is 67.7 Å². The maximum absolute atomic E-state index is 14.3. The standard InChI is InChI=1S/C31H37Cl2N3O6S/c1-5-7-17-34-31(38)27(6-2)35(20-22-13-14-23(32)18-26(22)33)30(37)21-36(43(39,40)25-11-9-8-10-12-25)28-19-24(41-3)15-16-29(28)42-4/h8-16,18-19,27H,5-7,17,20-21H2,1-4H3,(H,34,38)/t27-/m0/s1. The third-order valence-electron chi connectivity index (χ3n) is 6.84. The molecule has 12 heteroatoms. The molecular weight excluding hydrogens is 613 g/mol. The molecule has 0 unspecified atom stereocenters. The Morgan fingerprint density at radius 1 is 0.953 bits per heavy atom. The van der Waals surface area contributed by atoms with Gasteiger partial charge in [0.2, 0.25) is 11.8 Å². The first kappa shape index (κ1) is 34.0. The molecule has 9 nitrogen and oxygen atoms in total. The monoisotopic (exact) mass is 649 g/mol. The molecule has 0 saturated heterocycles. The predicted molar refractivity (Wildman–Crippen MR) is 170 cm³/mol. The van der Waals surface area contributed by atoms with Crippen LogP contribution in [0.4, 0.5) is 5.69 Å². The molecular formula is C31H37Cl2N3O6S. The fourth-order valence-electron chi connectivity index (χ4n) is 4.48. The zero-order valence-electron chi connectivity index (χ0n) is 24.7. The van der Waals surface area contributed by atoms with Crippen LogP contribution in [0.3, 0.4) is 0 Å². The Balaban J connectivity index is 2.13. The highest BCUT2D eigenvalue weighted by Gasteiger charge is 2.35. The minimum Gasteiger partial charge on any atom is -0.497 e. The minimum atomic E-state index is -4.29. The topological polar surface area (TPSA) is 105 Å². The summed E-state index contributed by atoms with van der Waals surface area (Å²) in [6, 6.07) is 16.4. The van der Waals surface area contributed by atoms with Gasteiger partial charge < -0.3 is 19.7 Å². The molecule has 3 aromatic carbocycles. The Kier molecular flexibility index (Phi) is 12.5. The lowest BCUT2D eigenvalue weighted by Crippen LogP contribution is -2.52. The Morgan fingerprint density at radius 2 is 1.67 bits per heavy atom. The Bertz CT molecular complexity index is 1500. The van der Waals surface area contributed by atoms with Crippen molar-refractivity contribution in [2.45, 2.75) is 50.6 Å². The van der Waals surface area contributed by atoms with Gasteiger partial charge in [0.15, 0.2) is 0 Å². The van der Waals surface area contributed by atoms with Gasteiger partial charge in [0.1, 0.15) is 24.1 Å². The van der Waals surface area contributed by atoms with Crippen molar-refractivity contribution in [3.05, 3.63) is 82.3 Å². The van der Waals surface area contributed by atoms with E-state index in [4.69, 9.17) is 32.7 Å². The van der Waals surface area contributed by atoms with Crippen molar-refractivity contribution < 1.29 is 27.5 Å². The summed E-state index contributed by atoms with van der Waals surface area (Å²) >= 11 is 12.6. The number of rotatable bonds is 15. The summed E-state index contributed by atoms with van der Waals surface area (Å²) in [5.41, 5.74) is 0.652. The zero-order valence-corrected chi connectivity index (χ0v) is 27.0. The summed E-state index contributed by atoms with van der Waals surface area (Å²) in [5, 5.41) is 3.63. The molecule has 0 fully saturated rings. The van der Waals surface area contributed by atoms with Crippen LogP contribution < -0.4 is 19.1 Å². The number of carbonyl (C=O) groups excluding carboxylic acids is 2. The number of halogens is 2. The van der Waals surface area contributed by atoms with Crippen LogP contribution in [-0.4, -0.2) is 58.5 Å². The van der Waals surface area contributed by atoms with Crippen molar-refractivity contribution in [2.75, 3.05) is 31.6 Å². The second kappa shape index (κ2) is 15.8. The fraction of sp³-hybridized carbons (Fsp3) is 0.355. The molecule has 0 heterocycles. The van der Waals surface area contributed by atoms with Crippen LogP contribution in [0.5, 0.6) is 11.5 Å². The van der Waals surface area contributed by atoms with Gasteiger partial charge in [0.25, 0.3) is 10.0 Å². The smallest absolute Gasteiger partial charge is 0.264 e. The fourth-order valence-corrected chi connectivity index (χ4v) is 6.39. The van der Waals surface area contributed by atoms with Crippen LogP contribution in [0.2, 0.25) is 10.0 Å². The summed E-state index contributed by atoms with van der Waals surface area (Å²) in [5.74, 6) is -0.383. The number of methoxy groups -OCH3 is 2. The number of sulfonamides is 1. The molecule has 0 saturated carbocycles. The van der Waals surface area contributed by atoms with E-state index in [-0.39, 0.29) is 35.2 Å². The van der Waals surface area contributed by atoms with Crippen LogP contribution in [0.15, 0.2) is 71.6 Å². The van der Waals surface area contributed by atoms with Crippen molar-refractivity contribution in [1.82, 2.24) is 10.2 Å². The van der Waals surface area contributed by atoms with E-state index in [1.807, 2.05) is 6.92 Å². The van der Waals surface area contributed by atoms with Gasteiger partial charge in [0.05, 0.1) is 24.8 Å². The van der Waals surface area contributed by atoms with E-state index < -0.39 is 28.5 Å². The third-order valence-corrected chi connectivity index (χ3v) is 9.20. The van der Waals surface area contributed by atoms with Crippen molar-refractivity contribution in [2.24, 2.45) is 0 Å². The molecule has 1 N–H and O–H groups in total. The van der Waals surface area contributed by atoms with Gasteiger partial charge in [0, 0.05) is 29.2 Å². The average molecular weight is 651 g/mol. The summed E-state index contributed by atoms with van der Waals surface area (Å²) in [7, 11) is -1.43. The number of hydrogen-bond donors (Lipinski definition) is 1. The largest absolute Gasteiger partial charge is 0.497 e. The van der Waals surface area contributed by atoms with E-state index in [0.717, 1.165) is 17.1 Å². The lowest BCUT2D eigenvalue weighted by Gasteiger charge is -2.33. The lowest BCUT2D eigenvalue weighted by molar-refractivity contribution is -0.140. The summed E-state index contributed by atoms with van der Waals surface area (Å²) < 4.78 is 40.0. The molecule has 0 aromatic heterocycles. The van der Waals surface area contributed by atoms with Gasteiger partial charge >= 0.3 is 0 Å². The maximum atomic E-state index is 14.3. The third kappa shape index (κ3) is 8.55. The number of carbonyl (C=O) groups is 2. The summed E-state index contributed by atoms with van der Waals surface area (Å²) in [4.78, 5) is 29.0. The van der Waals surface area contributed by atoms with E-state index >= 15 is 0 Å². The molecule has 0 aliphatic rings. The molecule has 0 bridgehead atoms. The molecule has 0 spiro atoms. The maximum Gasteiger partial charge on any atom is 0.264 e. The molecule has 43 heavy (non-hydrogen) atoms. The first-order chi connectivity index (χ1) is 20.6. The van der Waals surface area contributed by atoms with E-state index in [1.54, 1.807) is 55.5 Å². The van der Waals surface area contributed by atoms with Gasteiger partial charge in [-0.3, -0.25) is 13.9 Å². The second-order valence-electron chi connectivity index (χ2n) is 9.69. The minimum absolute atomic E-state index is 0.0238. The Labute approximate surface area is 263 Å². The van der Waals surface area contributed by atoms with Crippen LogP contribution in [-0.2, 0) is 26.2 Å². The van der Waals surface area contributed by atoms with Gasteiger partial charge in [-0.15, -0.1) is 0 Å². The van der Waals surface area contributed by atoms with E-state index in [2.05, 4.69) is 5.32 Å². The highest BCUT2D eigenvalue weighted by atomic mass is 35.5. The number of nitrogens with zero attached hydrogens (tertiary/aromatic N) is 2.